The van der Waals surface area contributed by atoms with E-state index in [4.69, 9.17) is 0 Å². The SMILES string of the molecule is CC(=O)c1ccc(C(=O)N2C=CN=CC2)cc1. The molecule has 4 heteroatoms. The van der Waals surface area contributed by atoms with Crippen LogP contribution in [0.4, 0.5) is 0 Å². The van der Waals surface area contributed by atoms with Crippen LogP contribution in [0, 0.1) is 0 Å². The van der Waals surface area contributed by atoms with E-state index in [-0.39, 0.29) is 11.7 Å². The van der Waals surface area contributed by atoms with Crippen LogP contribution >= 0.6 is 0 Å². The molecule has 0 atom stereocenters. The van der Waals surface area contributed by atoms with Crippen LogP contribution in [0.1, 0.15) is 27.6 Å². The Hall–Kier alpha value is -2.23. The van der Waals surface area contributed by atoms with E-state index in [1.54, 1.807) is 47.8 Å². The third-order valence-electron chi connectivity index (χ3n) is 2.52. The number of ketones is 1. The van der Waals surface area contributed by atoms with Crippen LogP contribution in [0.25, 0.3) is 0 Å². The summed E-state index contributed by atoms with van der Waals surface area (Å²) in [6.07, 6.45) is 4.88. The smallest absolute Gasteiger partial charge is 0.258 e. The van der Waals surface area contributed by atoms with Gasteiger partial charge in [-0.25, -0.2) is 0 Å². The van der Waals surface area contributed by atoms with Gasteiger partial charge in [0.05, 0.1) is 6.54 Å². The lowest BCUT2D eigenvalue weighted by molar-refractivity contribution is 0.0838. The third kappa shape index (κ3) is 2.47. The predicted octanol–water partition coefficient (Wildman–Crippen LogP) is 1.89. The largest absolute Gasteiger partial charge is 0.308 e. The van der Waals surface area contributed by atoms with Gasteiger partial charge in [0.2, 0.25) is 0 Å². The average Bonchev–Trinajstić information content (AvgIpc) is 2.39. The van der Waals surface area contributed by atoms with Crippen LogP contribution in [-0.2, 0) is 0 Å². The Morgan fingerprint density at radius 3 is 2.35 bits per heavy atom. The Morgan fingerprint density at radius 2 is 1.82 bits per heavy atom. The molecule has 4 nitrogen and oxygen atoms in total. The maximum Gasteiger partial charge on any atom is 0.258 e. The molecule has 0 bridgehead atoms. The number of nitrogens with zero attached hydrogens (tertiary/aromatic N) is 2. The molecule has 1 aromatic rings. The first kappa shape index (κ1) is 11.3. The summed E-state index contributed by atoms with van der Waals surface area (Å²) in [5, 5.41) is 0. The number of aliphatic imine (C=N–C) groups is 1. The van der Waals surface area contributed by atoms with Gasteiger partial charge in [-0.2, -0.15) is 0 Å². The van der Waals surface area contributed by atoms with Crippen LogP contribution < -0.4 is 0 Å². The summed E-state index contributed by atoms with van der Waals surface area (Å²) in [7, 11) is 0. The second-order valence-corrected chi connectivity index (χ2v) is 3.72. The van der Waals surface area contributed by atoms with Crippen molar-refractivity contribution in [3.05, 3.63) is 47.8 Å². The Morgan fingerprint density at radius 1 is 1.18 bits per heavy atom. The maximum absolute atomic E-state index is 12.0. The lowest BCUT2D eigenvalue weighted by atomic mass is 10.1. The standard InChI is InChI=1S/C13H12N2O2/c1-10(16)11-2-4-12(5-3-11)13(17)15-8-6-14-7-9-15/h2-8H,9H2,1H3. The molecule has 1 amide bonds. The summed E-state index contributed by atoms with van der Waals surface area (Å²) in [5.41, 5.74) is 1.17. The number of carbonyl (C=O) groups is 2. The number of carbonyl (C=O) groups excluding carboxylic acids is 2. The molecule has 0 spiro atoms. The first-order valence-electron chi connectivity index (χ1n) is 5.29. The normalized spacial score (nSPS) is 13.8. The maximum atomic E-state index is 12.0. The Kier molecular flexibility index (Phi) is 3.14. The molecule has 0 N–H and O–H groups in total. The summed E-state index contributed by atoms with van der Waals surface area (Å²) in [5.74, 6) is -0.100. The van der Waals surface area contributed by atoms with Crippen molar-refractivity contribution in [3.63, 3.8) is 0 Å². The highest BCUT2D eigenvalue weighted by atomic mass is 16.2. The quantitative estimate of drug-likeness (QED) is 0.726. The molecule has 1 heterocycles. The minimum atomic E-state index is -0.0949. The molecule has 0 saturated carbocycles. The Balaban J connectivity index is 2.17. The molecule has 0 radical (unpaired) electrons. The van der Waals surface area contributed by atoms with Crippen molar-refractivity contribution in [2.75, 3.05) is 6.54 Å². The van der Waals surface area contributed by atoms with Gasteiger partial charge in [-0.1, -0.05) is 12.1 Å². The van der Waals surface area contributed by atoms with Crippen LogP contribution in [0.3, 0.4) is 0 Å². The molecule has 1 aromatic carbocycles. The molecule has 1 aliphatic rings. The summed E-state index contributed by atoms with van der Waals surface area (Å²) >= 11 is 0. The lowest BCUT2D eigenvalue weighted by Gasteiger charge is -2.17. The van der Waals surface area contributed by atoms with Crippen LogP contribution in [0.2, 0.25) is 0 Å². The molecule has 0 aliphatic carbocycles. The van der Waals surface area contributed by atoms with E-state index < -0.39 is 0 Å². The van der Waals surface area contributed by atoms with Gasteiger partial charge >= 0.3 is 0 Å². The van der Waals surface area contributed by atoms with Gasteiger partial charge in [-0.3, -0.25) is 14.6 Å². The summed E-state index contributed by atoms with van der Waals surface area (Å²) < 4.78 is 0. The van der Waals surface area contributed by atoms with Crippen LogP contribution in [0.5, 0.6) is 0 Å². The van der Waals surface area contributed by atoms with Crippen molar-refractivity contribution in [2.24, 2.45) is 4.99 Å². The summed E-state index contributed by atoms with van der Waals surface area (Å²) in [4.78, 5) is 28.6. The van der Waals surface area contributed by atoms with Gasteiger partial charge in [0.15, 0.2) is 5.78 Å². The van der Waals surface area contributed by atoms with E-state index in [0.717, 1.165) is 0 Å². The minimum Gasteiger partial charge on any atom is -0.308 e. The van der Waals surface area contributed by atoms with Crippen LogP contribution in [-0.4, -0.2) is 29.3 Å². The number of hydrogen-bond acceptors (Lipinski definition) is 3. The minimum absolute atomic E-state index is 0.00555. The molecule has 0 fully saturated rings. The van der Waals surface area contributed by atoms with Crippen molar-refractivity contribution < 1.29 is 9.59 Å². The molecule has 1 aliphatic heterocycles. The molecule has 2 rings (SSSR count). The van der Waals surface area contributed by atoms with E-state index in [9.17, 15) is 9.59 Å². The highest BCUT2D eigenvalue weighted by Gasteiger charge is 2.13. The van der Waals surface area contributed by atoms with Crippen molar-refractivity contribution in [1.29, 1.82) is 0 Å². The van der Waals surface area contributed by atoms with Crippen molar-refractivity contribution in [1.82, 2.24) is 4.90 Å². The first-order chi connectivity index (χ1) is 8.18. The molecule has 17 heavy (non-hydrogen) atoms. The summed E-state index contributed by atoms with van der Waals surface area (Å²) in [6.45, 7) is 1.98. The lowest BCUT2D eigenvalue weighted by Crippen LogP contribution is -2.28. The number of amides is 1. The summed E-state index contributed by atoms with van der Waals surface area (Å²) in [6, 6.07) is 6.66. The number of benzene rings is 1. The second kappa shape index (κ2) is 4.74. The molecule has 86 valence electrons. The number of hydrogen-bond donors (Lipinski definition) is 0. The zero-order chi connectivity index (χ0) is 12.3. The van der Waals surface area contributed by atoms with Gasteiger partial charge in [0, 0.05) is 29.7 Å². The van der Waals surface area contributed by atoms with E-state index in [0.29, 0.717) is 17.7 Å². The van der Waals surface area contributed by atoms with E-state index in [1.165, 1.54) is 6.92 Å². The molecule has 0 unspecified atom stereocenters. The molecule has 0 saturated heterocycles. The average molecular weight is 228 g/mol. The van der Waals surface area contributed by atoms with Gasteiger partial charge in [-0.15, -0.1) is 0 Å². The monoisotopic (exact) mass is 228 g/mol. The Bertz CT molecular complexity index is 501. The highest BCUT2D eigenvalue weighted by Crippen LogP contribution is 2.09. The first-order valence-corrected chi connectivity index (χ1v) is 5.29. The number of rotatable bonds is 2. The van der Waals surface area contributed by atoms with Crippen molar-refractivity contribution in [3.8, 4) is 0 Å². The third-order valence-corrected chi connectivity index (χ3v) is 2.52. The second-order valence-electron chi connectivity index (χ2n) is 3.72. The predicted molar refractivity (Wildman–Crippen MR) is 65.1 cm³/mol. The van der Waals surface area contributed by atoms with E-state index in [2.05, 4.69) is 4.99 Å². The van der Waals surface area contributed by atoms with Gasteiger partial charge in [0.1, 0.15) is 0 Å². The zero-order valence-electron chi connectivity index (χ0n) is 9.46. The van der Waals surface area contributed by atoms with Gasteiger partial charge in [-0.05, 0) is 19.1 Å². The van der Waals surface area contributed by atoms with E-state index >= 15 is 0 Å². The fourth-order valence-electron chi connectivity index (χ4n) is 1.54. The molecular weight excluding hydrogens is 216 g/mol. The molecule has 0 aromatic heterocycles. The van der Waals surface area contributed by atoms with Crippen molar-refractivity contribution in [2.45, 2.75) is 6.92 Å². The fourth-order valence-corrected chi connectivity index (χ4v) is 1.54. The van der Waals surface area contributed by atoms with Gasteiger partial charge < -0.3 is 4.90 Å². The van der Waals surface area contributed by atoms with Gasteiger partial charge in [0.25, 0.3) is 5.91 Å². The van der Waals surface area contributed by atoms with Crippen LogP contribution in [0.15, 0.2) is 41.7 Å². The number of Topliss-reactive ketones (excluding diaryl/α,β-unsaturated/α-hetero) is 1. The fraction of sp³-hybridized carbons (Fsp3) is 0.154. The molecular formula is C13H12N2O2. The highest BCUT2D eigenvalue weighted by molar-refractivity contribution is 5.98. The van der Waals surface area contributed by atoms with Crippen molar-refractivity contribution >= 4 is 17.9 Å². The topological polar surface area (TPSA) is 49.7 Å². The van der Waals surface area contributed by atoms with E-state index in [1.807, 2.05) is 0 Å². The Labute approximate surface area is 99.3 Å². The zero-order valence-corrected chi connectivity index (χ0v) is 9.46.